The molecule has 32 heavy (non-hydrogen) atoms. The highest BCUT2D eigenvalue weighted by Gasteiger charge is 2.26. The number of benzene rings is 3. The van der Waals surface area contributed by atoms with Crippen molar-refractivity contribution in [1.29, 1.82) is 0 Å². The Labute approximate surface area is 186 Å². The smallest absolute Gasteiger partial charge is 0.265 e. The molecular weight excluding hydrogens is 408 g/mol. The topological polar surface area (TPSA) is 77.1 Å². The molecule has 3 aromatic rings. The highest BCUT2D eigenvalue weighted by Crippen LogP contribution is 2.34. The van der Waals surface area contributed by atoms with Crippen LogP contribution in [0.15, 0.2) is 72.8 Å². The summed E-state index contributed by atoms with van der Waals surface area (Å²) in [5.41, 5.74) is 2.25. The van der Waals surface area contributed by atoms with E-state index in [0.29, 0.717) is 36.0 Å². The van der Waals surface area contributed by atoms with Crippen molar-refractivity contribution < 1.29 is 23.8 Å². The van der Waals surface area contributed by atoms with E-state index in [0.717, 1.165) is 11.3 Å². The lowest BCUT2D eigenvalue weighted by Crippen LogP contribution is -2.41. The van der Waals surface area contributed by atoms with Gasteiger partial charge in [0.2, 0.25) is 0 Å². The Bertz CT molecular complexity index is 1100. The Morgan fingerprint density at radius 1 is 1.00 bits per heavy atom. The van der Waals surface area contributed by atoms with E-state index in [1.807, 2.05) is 49.4 Å². The second-order valence-electron chi connectivity index (χ2n) is 7.33. The first kappa shape index (κ1) is 21.2. The van der Waals surface area contributed by atoms with Crippen molar-refractivity contribution in [3.8, 4) is 17.2 Å². The van der Waals surface area contributed by atoms with Crippen molar-refractivity contribution in [1.82, 2.24) is 0 Å². The van der Waals surface area contributed by atoms with E-state index < -0.39 is 0 Å². The number of para-hydroxylation sites is 1. The zero-order chi connectivity index (χ0) is 22.3. The quantitative estimate of drug-likeness (QED) is 0.586. The van der Waals surface area contributed by atoms with Gasteiger partial charge in [-0.05, 0) is 55.0 Å². The molecule has 0 fully saturated rings. The van der Waals surface area contributed by atoms with Crippen LogP contribution >= 0.6 is 0 Å². The molecule has 7 nitrogen and oxygen atoms in total. The standard InChI is InChI=1S/C25H24N2O5/c1-18-6-5-9-21(14-18)30-13-12-27-22-15-19(10-11-23(22)32-17-25(27)29)26-24(28)16-31-20-7-3-2-4-8-20/h2-11,14-15H,12-13,16-17H2,1H3,(H,26,28). The van der Waals surface area contributed by atoms with E-state index in [4.69, 9.17) is 14.2 Å². The molecule has 2 amide bonds. The highest BCUT2D eigenvalue weighted by atomic mass is 16.5. The minimum Gasteiger partial charge on any atom is -0.492 e. The van der Waals surface area contributed by atoms with Gasteiger partial charge in [-0.25, -0.2) is 0 Å². The molecule has 1 N–H and O–H groups in total. The third kappa shape index (κ3) is 5.37. The number of nitrogens with zero attached hydrogens (tertiary/aromatic N) is 1. The number of carbonyl (C=O) groups is 2. The van der Waals surface area contributed by atoms with E-state index in [9.17, 15) is 9.59 Å². The fourth-order valence-corrected chi connectivity index (χ4v) is 3.35. The number of nitrogens with one attached hydrogen (secondary N) is 1. The number of amides is 2. The lowest BCUT2D eigenvalue weighted by Gasteiger charge is -2.29. The lowest BCUT2D eigenvalue weighted by molar-refractivity contribution is -0.121. The first-order chi connectivity index (χ1) is 15.6. The van der Waals surface area contributed by atoms with Crippen LogP contribution in [0, 0.1) is 6.92 Å². The Morgan fingerprint density at radius 2 is 1.81 bits per heavy atom. The van der Waals surface area contributed by atoms with E-state index in [-0.39, 0.29) is 25.0 Å². The van der Waals surface area contributed by atoms with Gasteiger partial charge in [-0.2, -0.15) is 0 Å². The van der Waals surface area contributed by atoms with Gasteiger partial charge in [0.05, 0.1) is 12.2 Å². The van der Waals surface area contributed by atoms with Crippen LogP contribution in [0.3, 0.4) is 0 Å². The van der Waals surface area contributed by atoms with Gasteiger partial charge in [0, 0.05) is 5.69 Å². The molecule has 1 heterocycles. The average Bonchev–Trinajstić information content (AvgIpc) is 2.80. The predicted octanol–water partition coefficient (Wildman–Crippen LogP) is 3.82. The summed E-state index contributed by atoms with van der Waals surface area (Å²) in [6.07, 6.45) is 0. The first-order valence-corrected chi connectivity index (χ1v) is 10.3. The Kier molecular flexibility index (Phi) is 6.55. The van der Waals surface area contributed by atoms with Crippen LogP contribution in [0.4, 0.5) is 11.4 Å². The van der Waals surface area contributed by atoms with Gasteiger partial charge in [-0.1, -0.05) is 30.3 Å². The molecule has 0 radical (unpaired) electrons. The van der Waals surface area contributed by atoms with Gasteiger partial charge in [-0.15, -0.1) is 0 Å². The van der Waals surface area contributed by atoms with Crippen LogP contribution < -0.4 is 24.4 Å². The van der Waals surface area contributed by atoms with Crippen molar-refractivity contribution in [3.63, 3.8) is 0 Å². The summed E-state index contributed by atoms with van der Waals surface area (Å²) in [4.78, 5) is 26.4. The van der Waals surface area contributed by atoms with Crippen molar-refractivity contribution in [2.75, 3.05) is 36.6 Å². The predicted molar refractivity (Wildman–Crippen MR) is 122 cm³/mol. The Hall–Kier alpha value is -4.00. The normalized spacial score (nSPS) is 12.5. The molecule has 1 aliphatic rings. The first-order valence-electron chi connectivity index (χ1n) is 10.3. The summed E-state index contributed by atoms with van der Waals surface area (Å²) in [5, 5.41) is 2.80. The molecule has 0 unspecified atom stereocenters. The van der Waals surface area contributed by atoms with E-state index >= 15 is 0 Å². The molecule has 7 heteroatoms. The maximum atomic E-state index is 12.5. The number of hydrogen-bond donors (Lipinski definition) is 1. The molecule has 0 spiro atoms. The summed E-state index contributed by atoms with van der Waals surface area (Å²) in [6, 6.07) is 22.1. The Balaban J connectivity index is 1.39. The number of aryl methyl sites for hydroxylation is 1. The lowest BCUT2D eigenvalue weighted by atomic mass is 10.2. The molecular formula is C25H24N2O5. The number of anilines is 2. The van der Waals surface area contributed by atoms with Crippen molar-refractivity contribution in [2.45, 2.75) is 6.92 Å². The molecule has 4 rings (SSSR count). The molecule has 0 aromatic heterocycles. The van der Waals surface area contributed by atoms with E-state index in [1.165, 1.54) is 0 Å². The van der Waals surface area contributed by atoms with Crippen LogP contribution in [0.5, 0.6) is 17.2 Å². The minimum absolute atomic E-state index is 0.0337. The van der Waals surface area contributed by atoms with Crippen LogP contribution in [0.1, 0.15) is 5.56 Å². The van der Waals surface area contributed by atoms with Crippen molar-refractivity contribution >= 4 is 23.2 Å². The summed E-state index contributed by atoms with van der Waals surface area (Å²) < 4.78 is 16.8. The van der Waals surface area contributed by atoms with Crippen LogP contribution in [0.25, 0.3) is 0 Å². The SMILES string of the molecule is Cc1cccc(OCCN2C(=O)COc3ccc(NC(=O)COc4ccccc4)cc32)c1. The molecule has 0 atom stereocenters. The molecule has 0 saturated carbocycles. The van der Waals surface area contributed by atoms with Gasteiger partial charge < -0.3 is 24.4 Å². The average molecular weight is 432 g/mol. The fourth-order valence-electron chi connectivity index (χ4n) is 3.35. The maximum absolute atomic E-state index is 12.5. The number of carbonyl (C=O) groups excluding carboxylic acids is 2. The summed E-state index contributed by atoms with van der Waals surface area (Å²) in [7, 11) is 0. The summed E-state index contributed by atoms with van der Waals surface area (Å²) >= 11 is 0. The number of fused-ring (bicyclic) bond motifs is 1. The Morgan fingerprint density at radius 3 is 2.62 bits per heavy atom. The molecule has 0 saturated heterocycles. The zero-order valence-electron chi connectivity index (χ0n) is 17.7. The molecule has 0 bridgehead atoms. The maximum Gasteiger partial charge on any atom is 0.265 e. The molecule has 0 aliphatic carbocycles. The van der Waals surface area contributed by atoms with Crippen molar-refractivity contribution in [2.24, 2.45) is 0 Å². The molecule has 164 valence electrons. The zero-order valence-corrected chi connectivity index (χ0v) is 17.7. The third-order valence-electron chi connectivity index (χ3n) is 4.87. The van der Waals surface area contributed by atoms with Gasteiger partial charge in [0.25, 0.3) is 11.8 Å². The van der Waals surface area contributed by atoms with Crippen LogP contribution in [0.2, 0.25) is 0 Å². The largest absolute Gasteiger partial charge is 0.492 e. The number of hydrogen-bond acceptors (Lipinski definition) is 5. The molecule has 1 aliphatic heterocycles. The molecule has 3 aromatic carbocycles. The summed E-state index contributed by atoms with van der Waals surface area (Å²) in [6.45, 7) is 2.53. The number of rotatable bonds is 8. The second kappa shape index (κ2) is 9.87. The van der Waals surface area contributed by atoms with E-state index in [1.54, 1.807) is 35.2 Å². The van der Waals surface area contributed by atoms with Crippen LogP contribution in [-0.4, -0.2) is 38.2 Å². The second-order valence-corrected chi connectivity index (χ2v) is 7.33. The summed E-state index contributed by atoms with van der Waals surface area (Å²) in [5.74, 6) is 1.49. The van der Waals surface area contributed by atoms with Crippen LogP contribution in [-0.2, 0) is 9.59 Å². The van der Waals surface area contributed by atoms with Crippen molar-refractivity contribution in [3.05, 3.63) is 78.4 Å². The highest BCUT2D eigenvalue weighted by molar-refractivity contribution is 5.99. The minimum atomic E-state index is -0.300. The van der Waals surface area contributed by atoms with Gasteiger partial charge in [0.1, 0.15) is 23.9 Å². The van der Waals surface area contributed by atoms with Gasteiger partial charge in [-0.3, -0.25) is 9.59 Å². The van der Waals surface area contributed by atoms with E-state index in [2.05, 4.69) is 5.32 Å². The van der Waals surface area contributed by atoms with Gasteiger partial charge >= 0.3 is 0 Å². The third-order valence-corrected chi connectivity index (χ3v) is 4.87. The fraction of sp³-hybridized carbons (Fsp3) is 0.200. The number of ether oxygens (including phenoxy) is 3. The van der Waals surface area contributed by atoms with Gasteiger partial charge in [0.15, 0.2) is 13.2 Å². The monoisotopic (exact) mass is 432 g/mol.